The number of hydrogen-bond donors (Lipinski definition) is 0. The van der Waals surface area contributed by atoms with Gasteiger partial charge in [-0.2, -0.15) is 5.26 Å². The standard InChI is InChI=1S/C14H16N2O/c1-14(7-9-15)8-10-16(13(14)17)11-12-5-3-2-4-6-12/h2-6H,7-8,10-11H2,1H3/t14-/m1/s1. The van der Waals surface area contributed by atoms with Gasteiger partial charge in [0.25, 0.3) is 0 Å². The molecule has 17 heavy (non-hydrogen) atoms. The SMILES string of the molecule is C[C@@]1(CC#N)CCN(Cc2ccccc2)C1=O. The van der Waals surface area contributed by atoms with Gasteiger partial charge in [-0.3, -0.25) is 4.79 Å². The molecule has 0 aromatic heterocycles. The van der Waals surface area contributed by atoms with Crippen molar-refractivity contribution in [2.75, 3.05) is 6.54 Å². The number of nitrogens with zero attached hydrogens (tertiary/aromatic N) is 2. The molecule has 1 saturated heterocycles. The van der Waals surface area contributed by atoms with Gasteiger partial charge in [0.1, 0.15) is 0 Å². The normalized spacial score (nSPS) is 23.8. The maximum absolute atomic E-state index is 12.2. The Morgan fingerprint density at radius 1 is 1.41 bits per heavy atom. The van der Waals surface area contributed by atoms with Gasteiger partial charge in [0.2, 0.25) is 5.91 Å². The second-order valence-corrected chi connectivity index (χ2v) is 4.86. The molecule has 1 aromatic rings. The third-order valence-corrected chi connectivity index (χ3v) is 3.42. The van der Waals surface area contributed by atoms with Crippen LogP contribution < -0.4 is 0 Å². The minimum absolute atomic E-state index is 0.114. The van der Waals surface area contributed by atoms with Crippen molar-refractivity contribution in [1.82, 2.24) is 4.90 Å². The van der Waals surface area contributed by atoms with E-state index in [9.17, 15) is 4.79 Å². The van der Waals surface area contributed by atoms with Crippen molar-refractivity contribution in [1.29, 1.82) is 5.26 Å². The first kappa shape index (κ1) is 11.7. The second kappa shape index (κ2) is 4.58. The van der Waals surface area contributed by atoms with Crippen molar-refractivity contribution in [3.05, 3.63) is 35.9 Å². The lowest BCUT2D eigenvalue weighted by Gasteiger charge is -2.21. The van der Waals surface area contributed by atoms with Crippen LogP contribution >= 0.6 is 0 Å². The number of amides is 1. The summed E-state index contributed by atoms with van der Waals surface area (Å²) in [6, 6.07) is 12.1. The number of hydrogen-bond acceptors (Lipinski definition) is 2. The lowest BCUT2D eigenvalue weighted by Crippen LogP contribution is -2.32. The number of carbonyl (C=O) groups excluding carboxylic acids is 1. The number of rotatable bonds is 3. The van der Waals surface area contributed by atoms with Crippen LogP contribution in [0.15, 0.2) is 30.3 Å². The van der Waals surface area contributed by atoms with Crippen LogP contribution in [0.2, 0.25) is 0 Å². The summed E-state index contributed by atoms with van der Waals surface area (Å²) in [5.41, 5.74) is 0.672. The van der Waals surface area contributed by atoms with Crippen LogP contribution in [0.5, 0.6) is 0 Å². The van der Waals surface area contributed by atoms with Gasteiger partial charge < -0.3 is 4.90 Å². The average Bonchev–Trinajstić information content (AvgIpc) is 2.60. The fraction of sp³-hybridized carbons (Fsp3) is 0.429. The van der Waals surface area contributed by atoms with Crippen LogP contribution in [0.3, 0.4) is 0 Å². The van der Waals surface area contributed by atoms with E-state index in [-0.39, 0.29) is 5.91 Å². The highest BCUT2D eigenvalue weighted by Gasteiger charge is 2.42. The van der Waals surface area contributed by atoms with E-state index in [4.69, 9.17) is 5.26 Å². The molecule has 1 aliphatic heterocycles. The highest BCUT2D eigenvalue weighted by Crippen LogP contribution is 2.35. The minimum atomic E-state index is -0.469. The highest BCUT2D eigenvalue weighted by atomic mass is 16.2. The first-order valence-electron chi connectivity index (χ1n) is 5.86. The molecule has 0 saturated carbocycles. The summed E-state index contributed by atoms with van der Waals surface area (Å²) in [5, 5.41) is 8.76. The van der Waals surface area contributed by atoms with Gasteiger partial charge in [0.05, 0.1) is 11.5 Å². The van der Waals surface area contributed by atoms with E-state index >= 15 is 0 Å². The molecule has 1 fully saturated rings. The third kappa shape index (κ3) is 2.31. The molecule has 0 N–H and O–H groups in total. The summed E-state index contributed by atoms with van der Waals surface area (Å²) in [6.07, 6.45) is 1.10. The maximum Gasteiger partial charge on any atom is 0.229 e. The van der Waals surface area contributed by atoms with Crippen LogP contribution in [0.25, 0.3) is 0 Å². The zero-order valence-electron chi connectivity index (χ0n) is 10.0. The van der Waals surface area contributed by atoms with Gasteiger partial charge in [-0.1, -0.05) is 30.3 Å². The van der Waals surface area contributed by atoms with Crippen LogP contribution in [0.1, 0.15) is 25.3 Å². The molecule has 0 bridgehead atoms. The number of carbonyl (C=O) groups is 1. The van der Waals surface area contributed by atoms with Gasteiger partial charge in [0.15, 0.2) is 0 Å². The minimum Gasteiger partial charge on any atom is -0.338 e. The molecule has 3 heteroatoms. The molecule has 1 amide bonds. The Balaban J connectivity index is 2.06. The fourth-order valence-corrected chi connectivity index (χ4v) is 2.27. The molecule has 0 aliphatic carbocycles. The van der Waals surface area contributed by atoms with Crippen molar-refractivity contribution in [2.24, 2.45) is 5.41 Å². The van der Waals surface area contributed by atoms with E-state index in [1.54, 1.807) is 0 Å². The van der Waals surface area contributed by atoms with E-state index < -0.39 is 5.41 Å². The predicted molar refractivity (Wildman–Crippen MR) is 64.8 cm³/mol. The van der Waals surface area contributed by atoms with Gasteiger partial charge in [-0.25, -0.2) is 0 Å². The molecule has 0 unspecified atom stereocenters. The van der Waals surface area contributed by atoms with Crippen molar-refractivity contribution in [3.8, 4) is 6.07 Å². The number of likely N-dealkylation sites (tertiary alicyclic amines) is 1. The Morgan fingerprint density at radius 3 is 2.76 bits per heavy atom. The summed E-state index contributed by atoms with van der Waals surface area (Å²) in [7, 11) is 0. The molecule has 2 rings (SSSR count). The smallest absolute Gasteiger partial charge is 0.229 e. The van der Waals surface area contributed by atoms with Crippen LogP contribution in [0, 0.1) is 16.7 Å². The fourth-order valence-electron chi connectivity index (χ4n) is 2.27. The lowest BCUT2D eigenvalue weighted by molar-refractivity contribution is -0.135. The van der Waals surface area contributed by atoms with Gasteiger partial charge in [-0.15, -0.1) is 0 Å². The first-order valence-corrected chi connectivity index (χ1v) is 5.86. The summed E-state index contributed by atoms with van der Waals surface area (Å²) >= 11 is 0. The number of nitriles is 1. The topological polar surface area (TPSA) is 44.1 Å². The Bertz CT molecular complexity index is 449. The summed E-state index contributed by atoms with van der Waals surface area (Å²) in [5.74, 6) is 0.114. The largest absolute Gasteiger partial charge is 0.338 e. The first-order chi connectivity index (χ1) is 8.15. The van der Waals surface area contributed by atoms with E-state index in [1.165, 1.54) is 0 Å². The van der Waals surface area contributed by atoms with E-state index in [2.05, 4.69) is 6.07 Å². The van der Waals surface area contributed by atoms with Crippen molar-refractivity contribution in [3.63, 3.8) is 0 Å². The molecule has 0 spiro atoms. The molecular weight excluding hydrogens is 212 g/mol. The van der Waals surface area contributed by atoms with E-state index in [0.717, 1.165) is 18.5 Å². The summed E-state index contributed by atoms with van der Waals surface area (Å²) in [6.45, 7) is 3.30. The van der Waals surface area contributed by atoms with Gasteiger partial charge in [-0.05, 0) is 18.9 Å². The molecule has 1 atom stereocenters. The van der Waals surface area contributed by atoms with Crippen LogP contribution in [-0.4, -0.2) is 17.4 Å². The Hall–Kier alpha value is -1.82. The zero-order valence-corrected chi connectivity index (χ0v) is 10.0. The Kier molecular flexibility index (Phi) is 3.14. The molecule has 1 aliphatic rings. The average molecular weight is 228 g/mol. The van der Waals surface area contributed by atoms with Crippen molar-refractivity contribution in [2.45, 2.75) is 26.3 Å². The van der Waals surface area contributed by atoms with Crippen molar-refractivity contribution < 1.29 is 4.79 Å². The Morgan fingerprint density at radius 2 is 2.12 bits per heavy atom. The third-order valence-electron chi connectivity index (χ3n) is 3.42. The lowest BCUT2D eigenvalue weighted by atomic mass is 9.86. The second-order valence-electron chi connectivity index (χ2n) is 4.86. The maximum atomic E-state index is 12.2. The molecule has 0 radical (unpaired) electrons. The number of benzene rings is 1. The molecule has 1 heterocycles. The summed E-state index contributed by atoms with van der Waals surface area (Å²) < 4.78 is 0. The van der Waals surface area contributed by atoms with Crippen LogP contribution in [0.4, 0.5) is 0 Å². The molecule has 88 valence electrons. The monoisotopic (exact) mass is 228 g/mol. The molecule has 3 nitrogen and oxygen atoms in total. The highest BCUT2D eigenvalue weighted by molar-refractivity contribution is 5.84. The predicted octanol–water partition coefficient (Wildman–Crippen LogP) is 2.34. The van der Waals surface area contributed by atoms with Gasteiger partial charge >= 0.3 is 0 Å². The van der Waals surface area contributed by atoms with E-state index in [1.807, 2.05) is 42.2 Å². The summed E-state index contributed by atoms with van der Waals surface area (Å²) in [4.78, 5) is 14.1. The quantitative estimate of drug-likeness (QED) is 0.797. The van der Waals surface area contributed by atoms with Crippen LogP contribution in [-0.2, 0) is 11.3 Å². The molecule has 1 aromatic carbocycles. The molecular formula is C14H16N2O. The zero-order chi connectivity index (χ0) is 12.3. The van der Waals surface area contributed by atoms with Gasteiger partial charge in [0, 0.05) is 19.5 Å². The Labute approximate surface area is 102 Å². The van der Waals surface area contributed by atoms with E-state index in [0.29, 0.717) is 13.0 Å². The van der Waals surface area contributed by atoms with Crippen molar-refractivity contribution >= 4 is 5.91 Å².